The summed E-state index contributed by atoms with van der Waals surface area (Å²) >= 11 is 11.3. The van der Waals surface area contributed by atoms with Crippen LogP contribution in [0.25, 0.3) is 11.5 Å². The average molecular weight is 388 g/mol. The van der Waals surface area contributed by atoms with Crippen LogP contribution in [-0.4, -0.2) is 36.0 Å². The Labute approximate surface area is 162 Å². The lowest BCUT2D eigenvalue weighted by atomic mass is 10.2. The van der Waals surface area contributed by atoms with E-state index in [0.717, 1.165) is 38.4 Å². The van der Waals surface area contributed by atoms with Gasteiger partial charge in [0.2, 0.25) is 5.89 Å². The van der Waals surface area contributed by atoms with Gasteiger partial charge in [-0.2, -0.15) is 4.68 Å². The molecule has 2 heterocycles. The summed E-state index contributed by atoms with van der Waals surface area (Å²) in [6.45, 7) is 4.85. The molecule has 0 bridgehead atoms. The maximum Gasteiger partial charge on any atom is 0.292 e. The summed E-state index contributed by atoms with van der Waals surface area (Å²) in [5.41, 5.74) is 2.16. The second kappa shape index (κ2) is 7.61. The van der Waals surface area contributed by atoms with Gasteiger partial charge in [-0.3, -0.25) is 0 Å². The van der Waals surface area contributed by atoms with Gasteiger partial charge in [0.25, 0.3) is 4.84 Å². The summed E-state index contributed by atoms with van der Waals surface area (Å²) in [7, 11) is 0. The number of quaternary nitrogens is 1. The number of nitrogens with one attached hydrogen (secondary N) is 1. The molecule has 5 nitrogen and oxygen atoms in total. The highest BCUT2D eigenvalue weighted by atomic mass is 35.5. The second-order valence-electron chi connectivity index (χ2n) is 6.41. The van der Waals surface area contributed by atoms with E-state index in [1.807, 2.05) is 24.3 Å². The Kier molecular flexibility index (Phi) is 5.06. The molecule has 1 fully saturated rings. The minimum absolute atomic E-state index is 0.410. The number of benzene rings is 2. The maximum absolute atomic E-state index is 5.94. The molecule has 0 spiro atoms. The zero-order valence-electron chi connectivity index (χ0n) is 14.3. The fraction of sp³-hybridized carbons (Fsp3) is 0.263. The van der Waals surface area contributed by atoms with Crippen LogP contribution in [0.2, 0.25) is 5.02 Å². The van der Waals surface area contributed by atoms with Gasteiger partial charge in [0, 0.05) is 16.3 Å². The number of aromatic nitrogens is 2. The molecule has 0 radical (unpaired) electrons. The van der Waals surface area contributed by atoms with E-state index in [0.29, 0.717) is 15.8 Å². The zero-order chi connectivity index (χ0) is 17.9. The van der Waals surface area contributed by atoms with E-state index in [2.05, 4.69) is 40.3 Å². The molecule has 0 saturated carbocycles. The van der Waals surface area contributed by atoms with E-state index in [4.69, 9.17) is 28.2 Å². The Hall–Kier alpha value is -2.15. The van der Waals surface area contributed by atoms with Gasteiger partial charge in [-0.25, -0.2) is 0 Å². The number of halogens is 1. The minimum Gasteiger partial charge on any atom is -0.409 e. The molecular formula is C19H20ClN4OS+. The molecule has 1 aromatic heterocycles. The lowest BCUT2D eigenvalue weighted by Crippen LogP contribution is -3.14. The number of piperazine rings is 1. The van der Waals surface area contributed by atoms with Crippen molar-refractivity contribution in [2.45, 2.75) is 6.67 Å². The first-order chi connectivity index (χ1) is 12.7. The molecule has 3 aromatic rings. The summed E-state index contributed by atoms with van der Waals surface area (Å²) < 4.78 is 7.46. The smallest absolute Gasteiger partial charge is 0.292 e. The van der Waals surface area contributed by atoms with E-state index in [1.165, 1.54) is 10.6 Å². The highest BCUT2D eigenvalue weighted by molar-refractivity contribution is 7.71. The Morgan fingerprint density at radius 2 is 1.73 bits per heavy atom. The fourth-order valence-electron chi connectivity index (χ4n) is 3.21. The lowest BCUT2D eigenvalue weighted by molar-refractivity contribution is -0.924. The van der Waals surface area contributed by atoms with Gasteiger partial charge in [-0.15, -0.1) is 5.10 Å². The third-order valence-electron chi connectivity index (χ3n) is 4.66. The molecule has 0 atom stereocenters. The summed E-state index contributed by atoms with van der Waals surface area (Å²) in [5, 5.41) is 5.24. The van der Waals surface area contributed by atoms with E-state index >= 15 is 0 Å². The van der Waals surface area contributed by atoms with Crippen molar-refractivity contribution in [3.63, 3.8) is 0 Å². The first-order valence-electron chi connectivity index (χ1n) is 8.66. The van der Waals surface area contributed by atoms with E-state index in [9.17, 15) is 0 Å². The van der Waals surface area contributed by atoms with Gasteiger partial charge in [0.1, 0.15) is 0 Å². The van der Waals surface area contributed by atoms with Crippen molar-refractivity contribution in [1.82, 2.24) is 9.78 Å². The molecule has 1 aliphatic rings. The predicted molar refractivity (Wildman–Crippen MR) is 105 cm³/mol. The Bertz CT molecular complexity index is 915. The molecule has 1 aliphatic heterocycles. The number of hydrogen-bond donors (Lipinski definition) is 1. The molecule has 0 aliphatic carbocycles. The van der Waals surface area contributed by atoms with E-state index < -0.39 is 0 Å². The van der Waals surface area contributed by atoms with Crippen LogP contribution in [-0.2, 0) is 6.67 Å². The fourth-order valence-corrected chi connectivity index (χ4v) is 3.52. The summed E-state index contributed by atoms with van der Waals surface area (Å²) in [6.07, 6.45) is 0. The number of para-hydroxylation sites is 1. The summed E-state index contributed by atoms with van der Waals surface area (Å²) in [5.74, 6) is 0.536. The van der Waals surface area contributed by atoms with E-state index in [-0.39, 0.29) is 0 Å². The van der Waals surface area contributed by atoms with Crippen LogP contribution in [0.15, 0.2) is 59.0 Å². The van der Waals surface area contributed by atoms with Gasteiger partial charge in [0.15, 0.2) is 6.67 Å². The number of anilines is 1. The highest BCUT2D eigenvalue weighted by Gasteiger charge is 2.21. The second-order valence-corrected chi connectivity index (χ2v) is 7.20. The maximum atomic E-state index is 5.94. The molecule has 1 N–H and O–H groups in total. The van der Waals surface area contributed by atoms with Crippen molar-refractivity contribution in [2.75, 3.05) is 31.1 Å². The van der Waals surface area contributed by atoms with Crippen molar-refractivity contribution in [1.29, 1.82) is 0 Å². The third kappa shape index (κ3) is 3.82. The highest BCUT2D eigenvalue weighted by Crippen LogP contribution is 2.20. The number of rotatable bonds is 4. The van der Waals surface area contributed by atoms with Gasteiger partial charge >= 0.3 is 0 Å². The van der Waals surface area contributed by atoms with E-state index in [1.54, 1.807) is 4.68 Å². The van der Waals surface area contributed by atoms with Crippen molar-refractivity contribution < 1.29 is 9.32 Å². The largest absolute Gasteiger partial charge is 0.409 e. The van der Waals surface area contributed by atoms with Crippen LogP contribution >= 0.6 is 23.8 Å². The lowest BCUT2D eigenvalue weighted by Gasteiger charge is -2.33. The van der Waals surface area contributed by atoms with Gasteiger partial charge in [-0.1, -0.05) is 29.8 Å². The first kappa shape index (κ1) is 17.3. The number of nitrogens with zero attached hydrogens (tertiary/aromatic N) is 3. The third-order valence-corrected chi connectivity index (χ3v) is 5.21. The molecule has 7 heteroatoms. The van der Waals surface area contributed by atoms with Crippen molar-refractivity contribution >= 4 is 29.5 Å². The quantitative estimate of drug-likeness (QED) is 0.699. The molecule has 0 amide bonds. The normalized spacial score (nSPS) is 15.3. The Morgan fingerprint density at radius 1 is 1.04 bits per heavy atom. The van der Waals surface area contributed by atoms with Gasteiger partial charge in [0.05, 0.1) is 26.2 Å². The van der Waals surface area contributed by atoms with Gasteiger partial charge < -0.3 is 14.2 Å². The number of hydrogen-bond acceptors (Lipinski definition) is 4. The monoisotopic (exact) mass is 387 g/mol. The molecular weight excluding hydrogens is 368 g/mol. The van der Waals surface area contributed by atoms with Crippen LogP contribution in [0.4, 0.5) is 5.69 Å². The zero-order valence-corrected chi connectivity index (χ0v) is 15.8. The minimum atomic E-state index is 0.410. The topological polar surface area (TPSA) is 38.6 Å². The van der Waals surface area contributed by atoms with Crippen molar-refractivity contribution in [3.8, 4) is 11.5 Å². The van der Waals surface area contributed by atoms with Crippen molar-refractivity contribution in [2.24, 2.45) is 0 Å². The Balaban J connectivity index is 1.41. The van der Waals surface area contributed by atoms with Crippen LogP contribution in [0.3, 0.4) is 0 Å². The summed E-state index contributed by atoms with van der Waals surface area (Å²) in [4.78, 5) is 4.28. The predicted octanol–water partition coefficient (Wildman–Crippen LogP) is 2.89. The van der Waals surface area contributed by atoms with Crippen LogP contribution in [0.1, 0.15) is 0 Å². The first-order valence-corrected chi connectivity index (χ1v) is 9.45. The molecule has 26 heavy (non-hydrogen) atoms. The average Bonchev–Trinajstić information content (AvgIpc) is 3.04. The molecule has 4 rings (SSSR count). The molecule has 134 valence electrons. The van der Waals surface area contributed by atoms with Gasteiger partial charge in [-0.05, 0) is 48.6 Å². The van der Waals surface area contributed by atoms with Crippen molar-refractivity contribution in [3.05, 3.63) is 64.5 Å². The van der Waals surface area contributed by atoms with Crippen LogP contribution < -0.4 is 9.80 Å². The molecule has 1 saturated heterocycles. The standard InChI is InChI=1S/C19H19ClN4OS/c20-16-8-6-15(7-9-16)18-21-24(19(26)25-18)14-22-10-12-23(13-11-22)17-4-2-1-3-5-17/h1-9H,10-14H2/p+1. The summed E-state index contributed by atoms with van der Waals surface area (Å²) in [6, 6.07) is 18.0. The molecule has 0 unspecified atom stereocenters. The van der Waals surface area contributed by atoms with Crippen LogP contribution in [0, 0.1) is 4.84 Å². The Morgan fingerprint density at radius 3 is 2.42 bits per heavy atom. The molecule has 2 aromatic carbocycles. The van der Waals surface area contributed by atoms with Crippen LogP contribution in [0.5, 0.6) is 0 Å². The SMILES string of the molecule is S=c1oc(-c2ccc(Cl)cc2)nn1C[NH+]1CCN(c2ccccc2)CC1.